The van der Waals surface area contributed by atoms with Crippen LogP contribution in [0.5, 0.6) is 0 Å². The first kappa shape index (κ1) is 15.6. The van der Waals surface area contributed by atoms with E-state index in [1.54, 1.807) is 7.11 Å². The van der Waals surface area contributed by atoms with Crippen LogP contribution in [-0.4, -0.2) is 41.4 Å². The highest BCUT2D eigenvalue weighted by atomic mass is 16.5. The highest BCUT2D eigenvalue weighted by Crippen LogP contribution is 2.59. The molecule has 0 N–H and O–H groups in total. The van der Waals surface area contributed by atoms with Gasteiger partial charge in [0, 0.05) is 33.2 Å². The molecule has 1 aromatic heterocycles. The second kappa shape index (κ2) is 6.52. The molecular weight excluding hydrogens is 290 g/mol. The van der Waals surface area contributed by atoms with Gasteiger partial charge in [-0.25, -0.2) is 0 Å². The molecular formula is C18H29N3O2. The van der Waals surface area contributed by atoms with E-state index in [-0.39, 0.29) is 0 Å². The summed E-state index contributed by atoms with van der Waals surface area (Å²) in [6.45, 7) is 4.56. The van der Waals surface area contributed by atoms with Crippen LogP contribution in [0.25, 0.3) is 0 Å². The second-order valence-corrected chi connectivity index (χ2v) is 7.75. The summed E-state index contributed by atoms with van der Waals surface area (Å²) in [4.78, 5) is 2.62. The fourth-order valence-electron chi connectivity index (χ4n) is 5.80. The van der Waals surface area contributed by atoms with Crippen molar-refractivity contribution in [3.8, 4) is 0 Å². The average Bonchev–Trinajstić information content (AvgIpc) is 3.28. The van der Waals surface area contributed by atoms with E-state index in [9.17, 15) is 0 Å². The van der Waals surface area contributed by atoms with Gasteiger partial charge in [0.2, 0.25) is 11.8 Å². The summed E-state index contributed by atoms with van der Waals surface area (Å²) in [7, 11) is 1.78. The molecule has 5 heteroatoms. The van der Waals surface area contributed by atoms with Crippen LogP contribution in [0.1, 0.15) is 50.3 Å². The molecule has 0 saturated heterocycles. The van der Waals surface area contributed by atoms with E-state index in [0.717, 1.165) is 55.7 Å². The van der Waals surface area contributed by atoms with Crippen molar-refractivity contribution >= 4 is 0 Å². The van der Waals surface area contributed by atoms with Crippen LogP contribution in [0.15, 0.2) is 4.42 Å². The molecule has 5 nitrogen and oxygen atoms in total. The minimum atomic E-state index is 0.667. The first-order valence-corrected chi connectivity index (χ1v) is 9.28. The quantitative estimate of drug-likeness (QED) is 0.723. The zero-order chi connectivity index (χ0) is 15.8. The monoisotopic (exact) mass is 319 g/mol. The van der Waals surface area contributed by atoms with Crippen LogP contribution in [-0.2, 0) is 11.3 Å². The lowest BCUT2D eigenvalue weighted by Gasteiger charge is -2.38. The average molecular weight is 319 g/mol. The Bertz CT molecular complexity index is 532. The number of hydrogen-bond acceptors (Lipinski definition) is 5. The highest BCUT2D eigenvalue weighted by molar-refractivity contribution is 5.06. The van der Waals surface area contributed by atoms with Crippen LogP contribution in [0.4, 0.5) is 0 Å². The zero-order valence-corrected chi connectivity index (χ0v) is 14.4. The van der Waals surface area contributed by atoms with E-state index in [2.05, 4.69) is 15.1 Å². The first-order chi connectivity index (χ1) is 11.3. The summed E-state index contributed by atoms with van der Waals surface area (Å²) in [6.07, 6.45) is 8.34. The molecule has 1 heterocycles. The maximum absolute atomic E-state index is 5.65. The Balaban J connectivity index is 1.46. The number of hydrogen-bond donors (Lipinski definition) is 0. The Hall–Kier alpha value is -0.940. The van der Waals surface area contributed by atoms with Crippen LogP contribution in [0, 0.1) is 30.6 Å². The van der Waals surface area contributed by atoms with Crippen molar-refractivity contribution in [2.45, 2.75) is 58.0 Å². The summed E-state index contributed by atoms with van der Waals surface area (Å²) < 4.78 is 10.9. The van der Waals surface area contributed by atoms with E-state index in [1.807, 2.05) is 6.92 Å². The van der Waals surface area contributed by atoms with Crippen LogP contribution in [0.3, 0.4) is 0 Å². The Kier molecular flexibility index (Phi) is 4.41. The number of rotatable bonds is 7. The fraction of sp³-hybridized carbons (Fsp3) is 0.889. The molecule has 0 aliphatic heterocycles. The van der Waals surface area contributed by atoms with Gasteiger partial charge < -0.3 is 9.15 Å². The van der Waals surface area contributed by atoms with Crippen molar-refractivity contribution in [1.29, 1.82) is 0 Å². The van der Waals surface area contributed by atoms with Crippen LogP contribution >= 0.6 is 0 Å². The van der Waals surface area contributed by atoms with E-state index in [0.29, 0.717) is 11.9 Å². The van der Waals surface area contributed by atoms with Crippen LogP contribution < -0.4 is 0 Å². The van der Waals surface area contributed by atoms with Gasteiger partial charge in [-0.3, -0.25) is 4.90 Å². The molecule has 3 saturated carbocycles. The lowest BCUT2D eigenvalue weighted by Crippen LogP contribution is -2.43. The molecule has 1 aromatic rings. The smallest absolute Gasteiger partial charge is 0.230 e. The van der Waals surface area contributed by atoms with Crippen molar-refractivity contribution in [2.75, 3.05) is 20.3 Å². The van der Waals surface area contributed by atoms with Gasteiger partial charge in [0.15, 0.2) is 0 Å². The minimum Gasteiger partial charge on any atom is -0.424 e. The summed E-state index contributed by atoms with van der Waals surface area (Å²) in [5.41, 5.74) is 0. The van der Waals surface area contributed by atoms with Crippen molar-refractivity contribution in [1.82, 2.24) is 15.1 Å². The molecule has 4 rings (SSSR count). The molecule has 0 spiro atoms. The predicted molar refractivity (Wildman–Crippen MR) is 86.8 cm³/mol. The van der Waals surface area contributed by atoms with Crippen molar-refractivity contribution in [3.05, 3.63) is 11.8 Å². The summed E-state index contributed by atoms with van der Waals surface area (Å²) in [5, 5.41) is 8.22. The molecule has 5 atom stereocenters. The maximum atomic E-state index is 5.65. The summed E-state index contributed by atoms with van der Waals surface area (Å²) >= 11 is 0. The molecule has 0 radical (unpaired) electrons. The van der Waals surface area contributed by atoms with Gasteiger partial charge in [-0.15, -0.1) is 10.2 Å². The molecule has 3 aliphatic carbocycles. The summed E-state index contributed by atoms with van der Waals surface area (Å²) in [6, 6.07) is 0.711. The largest absolute Gasteiger partial charge is 0.424 e. The number of fused-ring (bicyclic) bond motifs is 5. The Morgan fingerprint density at radius 2 is 2.04 bits per heavy atom. The van der Waals surface area contributed by atoms with E-state index in [4.69, 9.17) is 9.15 Å². The van der Waals surface area contributed by atoms with Gasteiger partial charge in [-0.1, -0.05) is 6.42 Å². The normalized spacial score (nSPS) is 35.3. The van der Waals surface area contributed by atoms with E-state index >= 15 is 0 Å². The SMILES string of the molecule is COCCCN(Cc1nnc(C)o1)[C@@H]1C[C@H]2C[C@H]1[C@@H]1CCC[C@@H]21. The van der Waals surface area contributed by atoms with Crippen molar-refractivity contribution < 1.29 is 9.15 Å². The number of ether oxygens (including phenoxy) is 1. The number of aromatic nitrogens is 2. The Labute approximate surface area is 138 Å². The Morgan fingerprint density at radius 3 is 2.83 bits per heavy atom. The van der Waals surface area contributed by atoms with Gasteiger partial charge in [0.25, 0.3) is 0 Å². The molecule has 0 aromatic carbocycles. The van der Waals surface area contributed by atoms with Gasteiger partial charge in [0.1, 0.15) is 0 Å². The molecule has 2 bridgehead atoms. The van der Waals surface area contributed by atoms with Gasteiger partial charge in [-0.05, 0) is 55.8 Å². The number of methoxy groups -OCH3 is 1. The van der Waals surface area contributed by atoms with E-state index in [1.165, 1.54) is 32.1 Å². The third-order valence-electron chi connectivity index (χ3n) is 6.56. The Morgan fingerprint density at radius 1 is 1.17 bits per heavy atom. The minimum absolute atomic E-state index is 0.667. The molecule has 0 unspecified atom stereocenters. The second-order valence-electron chi connectivity index (χ2n) is 7.75. The van der Waals surface area contributed by atoms with Gasteiger partial charge in [0.05, 0.1) is 6.54 Å². The lowest BCUT2D eigenvalue weighted by molar-refractivity contribution is 0.0710. The number of nitrogens with zero attached hydrogens (tertiary/aromatic N) is 3. The van der Waals surface area contributed by atoms with Gasteiger partial charge in [-0.2, -0.15) is 0 Å². The highest BCUT2D eigenvalue weighted by Gasteiger charge is 2.54. The van der Waals surface area contributed by atoms with Crippen LogP contribution in [0.2, 0.25) is 0 Å². The molecule has 128 valence electrons. The standard InChI is InChI=1S/C18H29N3O2/c1-12-19-20-18(23-12)11-21(7-4-8-22-2)17-10-13-9-16(17)15-6-3-5-14(13)15/h13-17H,3-11H2,1-2H3/t13-,14+,15-,16+,17-/m1/s1. The van der Waals surface area contributed by atoms with Gasteiger partial charge >= 0.3 is 0 Å². The topological polar surface area (TPSA) is 51.4 Å². The van der Waals surface area contributed by atoms with Crippen molar-refractivity contribution in [3.63, 3.8) is 0 Å². The fourth-order valence-corrected chi connectivity index (χ4v) is 5.80. The third kappa shape index (κ3) is 2.93. The lowest BCUT2D eigenvalue weighted by atomic mass is 9.78. The van der Waals surface area contributed by atoms with E-state index < -0.39 is 0 Å². The molecule has 0 amide bonds. The first-order valence-electron chi connectivity index (χ1n) is 9.28. The van der Waals surface area contributed by atoms with Crippen molar-refractivity contribution in [2.24, 2.45) is 23.7 Å². The third-order valence-corrected chi connectivity index (χ3v) is 6.56. The zero-order valence-electron chi connectivity index (χ0n) is 14.4. The molecule has 23 heavy (non-hydrogen) atoms. The number of aryl methyl sites for hydroxylation is 1. The molecule has 3 fully saturated rings. The predicted octanol–water partition coefficient (Wildman–Crippen LogP) is 3.04. The molecule has 3 aliphatic rings. The maximum Gasteiger partial charge on any atom is 0.230 e. The summed E-state index contributed by atoms with van der Waals surface area (Å²) in [5.74, 6) is 5.35.